The van der Waals surface area contributed by atoms with Gasteiger partial charge < -0.3 is 5.73 Å². The molecule has 17 heavy (non-hydrogen) atoms. The summed E-state index contributed by atoms with van der Waals surface area (Å²) >= 11 is 1.01. The first-order valence-electron chi connectivity index (χ1n) is 5.23. The maximum Gasteiger partial charge on any atom is 0.254 e. The smallest absolute Gasteiger partial charge is 0.254 e. The molecule has 98 valence electrons. The van der Waals surface area contributed by atoms with Crippen LogP contribution in [0.5, 0.6) is 0 Å². The molecule has 1 heterocycles. The van der Waals surface area contributed by atoms with Crippen LogP contribution in [0.3, 0.4) is 0 Å². The van der Waals surface area contributed by atoms with E-state index in [9.17, 15) is 8.42 Å². The second-order valence-corrected chi connectivity index (χ2v) is 8.52. The highest BCUT2D eigenvalue weighted by Crippen LogP contribution is 2.28. The van der Waals surface area contributed by atoms with Crippen molar-refractivity contribution in [2.45, 2.75) is 31.9 Å². The van der Waals surface area contributed by atoms with Gasteiger partial charge in [0.05, 0.1) is 5.69 Å². The summed E-state index contributed by atoms with van der Waals surface area (Å²) in [5.41, 5.74) is 5.90. The number of sulfonamides is 1. The van der Waals surface area contributed by atoms with Crippen LogP contribution in [0.4, 0.5) is 5.13 Å². The highest BCUT2D eigenvalue weighted by atomic mass is 32.2. The monoisotopic (exact) mass is 277 g/mol. The third-order valence-electron chi connectivity index (χ3n) is 2.11. The predicted molar refractivity (Wildman–Crippen MR) is 70.5 cm³/mol. The molecular formula is C10H19N3O2S2. The zero-order valence-electron chi connectivity index (χ0n) is 10.8. The Morgan fingerprint density at radius 1 is 1.41 bits per heavy atom. The van der Waals surface area contributed by atoms with Gasteiger partial charge in [0.1, 0.15) is 0 Å². The van der Waals surface area contributed by atoms with Crippen molar-refractivity contribution in [3.63, 3.8) is 0 Å². The number of rotatable bonds is 3. The Kier molecular flexibility index (Phi) is 3.85. The lowest BCUT2D eigenvalue weighted by molar-refractivity contribution is 0.311. The van der Waals surface area contributed by atoms with Gasteiger partial charge in [0.15, 0.2) is 9.34 Å². The molecule has 0 fully saturated rings. The quantitative estimate of drug-likeness (QED) is 0.912. The average molecular weight is 277 g/mol. The molecule has 0 saturated carbocycles. The molecule has 0 spiro atoms. The Labute approximate surface area is 107 Å². The second kappa shape index (κ2) is 4.55. The van der Waals surface area contributed by atoms with Crippen LogP contribution in [0.2, 0.25) is 0 Å². The Hall–Kier alpha value is -0.660. The van der Waals surface area contributed by atoms with Crippen molar-refractivity contribution in [3.8, 4) is 0 Å². The molecule has 2 N–H and O–H groups in total. The van der Waals surface area contributed by atoms with Crippen LogP contribution in [0.15, 0.2) is 4.21 Å². The van der Waals surface area contributed by atoms with Gasteiger partial charge in [-0.2, -0.15) is 4.31 Å². The van der Waals surface area contributed by atoms with E-state index in [2.05, 4.69) is 4.98 Å². The lowest BCUT2D eigenvalue weighted by atomic mass is 9.97. The van der Waals surface area contributed by atoms with Crippen molar-refractivity contribution >= 4 is 26.5 Å². The summed E-state index contributed by atoms with van der Waals surface area (Å²) in [4.78, 5) is 3.95. The molecule has 0 unspecified atom stereocenters. The number of nitrogens with zero attached hydrogens (tertiary/aromatic N) is 2. The molecule has 5 nitrogen and oxygen atoms in total. The van der Waals surface area contributed by atoms with E-state index in [-0.39, 0.29) is 14.8 Å². The summed E-state index contributed by atoms with van der Waals surface area (Å²) < 4.78 is 26.2. The van der Waals surface area contributed by atoms with Crippen molar-refractivity contribution in [1.82, 2.24) is 9.29 Å². The van der Waals surface area contributed by atoms with E-state index in [4.69, 9.17) is 5.73 Å². The molecule has 7 heteroatoms. The number of hydrogen-bond acceptors (Lipinski definition) is 5. The fraction of sp³-hybridized carbons (Fsp3) is 0.700. The summed E-state index contributed by atoms with van der Waals surface area (Å²) in [6.45, 7) is 8.09. The molecule has 0 radical (unpaired) electrons. The lowest BCUT2D eigenvalue weighted by Gasteiger charge is -2.25. The van der Waals surface area contributed by atoms with Crippen LogP contribution < -0.4 is 5.73 Å². The van der Waals surface area contributed by atoms with Gasteiger partial charge in [0.2, 0.25) is 0 Å². The second-order valence-electron chi connectivity index (χ2n) is 5.25. The van der Waals surface area contributed by atoms with Crippen molar-refractivity contribution in [1.29, 1.82) is 0 Å². The number of anilines is 1. The molecule has 0 aliphatic rings. The highest BCUT2D eigenvalue weighted by Gasteiger charge is 2.28. The summed E-state index contributed by atoms with van der Waals surface area (Å²) in [6, 6.07) is 0. The summed E-state index contributed by atoms with van der Waals surface area (Å²) in [6.07, 6.45) is 0. The van der Waals surface area contributed by atoms with Gasteiger partial charge >= 0.3 is 0 Å². The predicted octanol–water partition coefficient (Wildman–Crippen LogP) is 1.70. The summed E-state index contributed by atoms with van der Waals surface area (Å²) in [7, 11) is -1.89. The number of thiazole rings is 1. The SMILES string of the molecule is Cc1nc(N)sc1S(=O)(=O)N(C)CC(C)(C)C. The number of hydrogen-bond donors (Lipinski definition) is 1. The summed E-state index contributed by atoms with van der Waals surface area (Å²) in [5.74, 6) is 0. The van der Waals surface area contributed by atoms with E-state index in [0.717, 1.165) is 11.3 Å². The van der Waals surface area contributed by atoms with Gasteiger partial charge in [0.25, 0.3) is 10.0 Å². The van der Waals surface area contributed by atoms with E-state index >= 15 is 0 Å². The molecule has 0 bridgehead atoms. The van der Waals surface area contributed by atoms with Crippen LogP contribution in [-0.4, -0.2) is 31.3 Å². The van der Waals surface area contributed by atoms with Crippen LogP contribution in [0.1, 0.15) is 26.5 Å². The minimum Gasteiger partial charge on any atom is -0.375 e. The fourth-order valence-corrected chi connectivity index (χ4v) is 4.42. The molecule has 0 aliphatic heterocycles. The summed E-state index contributed by atoms with van der Waals surface area (Å²) in [5, 5.41) is 0.283. The largest absolute Gasteiger partial charge is 0.375 e. The Morgan fingerprint density at radius 2 is 1.94 bits per heavy atom. The minimum absolute atomic E-state index is 0.0913. The molecule has 0 aliphatic carbocycles. The number of aryl methyl sites for hydroxylation is 1. The van der Waals surface area contributed by atoms with Crippen LogP contribution in [-0.2, 0) is 10.0 Å². The van der Waals surface area contributed by atoms with Gasteiger partial charge in [-0.1, -0.05) is 32.1 Å². The topological polar surface area (TPSA) is 76.3 Å². The Bertz CT molecular complexity index is 500. The fourth-order valence-electron chi connectivity index (χ4n) is 1.54. The van der Waals surface area contributed by atoms with Crippen molar-refractivity contribution in [2.24, 2.45) is 5.41 Å². The Balaban J connectivity index is 3.08. The van der Waals surface area contributed by atoms with Gasteiger partial charge in [-0.25, -0.2) is 13.4 Å². The third-order valence-corrected chi connectivity index (χ3v) is 5.49. The van der Waals surface area contributed by atoms with E-state index in [0.29, 0.717) is 12.2 Å². The molecule has 0 atom stereocenters. The van der Waals surface area contributed by atoms with E-state index in [1.165, 1.54) is 4.31 Å². The Morgan fingerprint density at radius 3 is 2.29 bits per heavy atom. The van der Waals surface area contributed by atoms with Crippen molar-refractivity contribution in [2.75, 3.05) is 19.3 Å². The zero-order valence-corrected chi connectivity index (χ0v) is 12.4. The van der Waals surface area contributed by atoms with Crippen LogP contribution in [0, 0.1) is 12.3 Å². The number of nitrogen functional groups attached to an aromatic ring is 1. The van der Waals surface area contributed by atoms with Crippen molar-refractivity contribution < 1.29 is 8.42 Å². The molecule has 0 amide bonds. The van der Waals surface area contributed by atoms with Gasteiger partial charge in [-0.05, 0) is 12.3 Å². The van der Waals surface area contributed by atoms with Crippen LogP contribution >= 0.6 is 11.3 Å². The number of nitrogens with two attached hydrogens (primary N) is 1. The van der Waals surface area contributed by atoms with Gasteiger partial charge in [0, 0.05) is 13.6 Å². The molecule has 0 saturated heterocycles. The third kappa shape index (κ3) is 3.40. The highest BCUT2D eigenvalue weighted by molar-refractivity contribution is 7.91. The number of aromatic nitrogens is 1. The minimum atomic E-state index is -3.47. The zero-order chi connectivity index (χ0) is 13.4. The van der Waals surface area contributed by atoms with E-state index < -0.39 is 10.0 Å². The molecular weight excluding hydrogens is 258 g/mol. The van der Waals surface area contributed by atoms with Crippen LogP contribution in [0.25, 0.3) is 0 Å². The lowest BCUT2D eigenvalue weighted by Crippen LogP contribution is -2.34. The first kappa shape index (κ1) is 14.4. The molecule has 1 rings (SSSR count). The maximum atomic E-state index is 12.3. The standard InChI is InChI=1S/C10H19N3O2S2/c1-7-8(16-9(11)12-7)17(14,15)13(5)6-10(2,3)4/h6H2,1-5H3,(H2,11,12). The van der Waals surface area contributed by atoms with Gasteiger partial charge in [-0.15, -0.1) is 0 Å². The van der Waals surface area contributed by atoms with Crippen molar-refractivity contribution in [3.05, 3.63) is 5.69 Å². The normalized spacial score (nSPS) is 13.3. The average Bonchev–Trinajstić information content (AvgIpc) is 2.42. The first-order chi connectivity index (χ1) is 7.54. The van der Waals surface area contributed by atoms with Gasteiger partial charge in [-0.3, -0.25) is 0 Å². The molecule has 1 aromatic heterocycles. The molecule has 1 aromatic rings. The molecule has 0 aromatic carbocycles. The van der Waals surface area contributed by atoms with E-state index in [1.54, 1.807) is 14.0 Å². The van der Waals surface area contributed by atoms with E-state index in [1.807, 2.05) is 20.8 Å². The maximum absolute atomic E-state index is 12.3. The first-order valence-corrected chi connectivity index (χ1v) is 7.49.